The van der Waals surface area contributed by atoms with Crippen molar-refractivity contribution in [2.75, 3.05) is 6.54 Å². The number of carbonyl (C=O) groups is 2. The predicted molar refractivity (Wildman–Crippen MR) is 63.2 cm³/mol. The summed E-state index contributed by atoms with van der Waals surface area (Å²) in [5, 5.41) is 15.3. The Morgan fingerprint density at radius 1 is 1.58 bits per heavy atom. The number of amides is 2. The van der Waals surface area contributed by atoms with Crippen LogP contribution in [0.1, 0.15) is 25.1 Å². The summed E-state index contributed by atoms with van der Waals surface area (Å²) in [6.07, 6.45) is 0.685. The molecule has 0 bridgehead atoms. The number of carboxylic acid groups (broad SMARTS) is 1. The molecule has 0 aliphatic carbocycles. The number of aromatic nitrogens is 2. The van der Waals surface area contributed by atoms with Gasteiger partial charge in [-0.15, -0.1) is 0 Å². The highest BCUT2D eigenvalue weighted by Crippen LogP contribution is 2.24. The summed E-state index contributed by atoms with van der Waals surface area (Å²) in [5.41, 5.74) is 0. The number of hydrogen-bond donors (Lipinski definition) is 2. The van der Waals surface area contributed by atoms with Gasteiger partial charge in [0.1, 0.15) is 6.04 Å². The van der Waals surface area contributed by atoms with Crippen LogP contribution in [-0.2, 0) is 11.3 Å². The van der Waals surface area contributed by atoms with E-state index in [-0.39, 0.29) is 12.5 Å². The first kappa shape index (κ1) is 13.3. The Morgan fingerprint density at radius 3 is 2.89 bits per heavy atom. The Labute approximate surface area is 109 Å². The zero-order valence-corrected chi connectivity index (χ0v) is 10.8. The lowest BCUT2D eigenvalue weighted by Gasteiger charge is -2.23. The molecular formula is C11H16N4O4. The molecule has 2 unspecified atom stereocenters. The van der Waals surface area contributed by atoms with Crippen molar-refractivity contribution in [3.05, 3.63) is 11.7 Å². The van der Waals surface area contributed by atoms with Gasteiger partial charge in [-0.3, -0.25) is 0 Å². The zero-order chi connectivity index (χ0) is 14.0. The van der Waals surface area contributed by atoms with Crippen LogP contribution < -0.4 is 5.32 Å². The fraction of sp³-hybridized carbons (Fsp3) is 0.636. The number of aryl methyl sites for hydroxylation is 1. The maximum atomic E-state index is 11.9. The average molecular weight is 268 g/mol. The number of carboxylic acids is 1. The molecule has 1 aliphatic heterocycles. The lowest BCUT2D eigenvalue weighted by molar-refractivity contribution is -0.142. The molecule has 1 aromatic heterocycles. The minimum atomic E-state index is -0.978. The van der Waals surface area contributed by atoms with E-state index in [0.717, 1.165) is 0 Å². The summed E-state index contributed by atoms with van der Waals surface area (Å²) >= 11 is 0. The van der Waals surface area contributed by atoms with Crippen LogP contribution in [0, 0.1) is 12.8 Å². The minimum Gasteiger partial charge on any atom is -0.480 e. The second-order valence-corrected chi connectivity index (χ2v) is 4.64. The van der Waals surface area contributed by atoms with Crippen LogP contribution in [-0.4, -0.2) is 44.7 Å². The molecule has 1 aliphatic rings. The number of likely N-dealkylation sites (tertiary alicyclic amines) is 1. The van der Waals surface area contributed by atoms with Crippen molar-refractivity contribution in [1.82, 2.24) is 20.4 Å². The summed E-state index contributed by atoms with van der Waals surface area (Å²) in [6, 6.07) is -1.20. The normalized spacial score (nSPS) is 22.5. The van der Waals surface area contributed by atoms with Gasteiger partial charge in [-0.1, -0.05) is 12.1 Å². The third-order valence-electron chi connectivity index (χ3n) is 3.17. The highest BCUT2D eigenvalue weighted by Gasteiger charge is 2.39. The molecule has 0 radical (unpaired) electrons. The van der Waals surface area contributed by atoms with E-state index in [9.17, 15) is 9.59 Å². The fourth-order valence-electron chi connectivity index (χ4n) is 2.22. The molecule has 2 heterocycles. The molecule has 0 aromatic carbocycles. The zero-order valence-electron chi connectivity index (χ0n) is 10.8. The van der Waals surface area contributed by atoms with Crippen molar-refractivity contribution in [3.8, 4) is 0 Å². The van der Waals surface area contributed by atoms with Crippen LogP contribution in [0.3, 0.4) is 0 Å². The molecule has 2 N–H and O–H groups in total. The summed E-state index contributed by atoms with van der Waals surface area (Å²) in [4.78, 5) is 28.4. The van der Waals surface area contributed by atoms with Crippen molar-refractivity contribution < 1.29 is 19.2 Å². The number of rotatable bonds is 3. The molecule has 1 saturated heterocycles. The second kappa shape index (κ2) is 5.25. The van der Waals surface area contributed by atoms with Gasteiger partial charge in [0, 0.05) is 6.54 Å². The van der Waals surface area contributed by atoms with Gasteiger partial charge in [-0.05, 0) is 19.3 Å². The predicted octanol–water partition coefficient (Wildman–Crippen LogP) is 0.383. The Balaban J connectivity index is 1.94. The molecule has 19 heavy (non-hydrogen) atoms. The van der Waals surface area contributed by atoms with Crippen LogP contribution in [0.2, 0.25) is 0 Å². The third kappa shape index (κ3) is 2.83. The Hall–Kier alpha value is -2.12. The van der Waals surface area contributed by atoms with Crippen molar-refractivity contribution in [2.24, 2.45) is 5.92 Å². The molecule has 1 aromatic rings. The van der Waals surface area contributed by atoms with Crippen molar-refractivity contribution in [2.45, 2.75) is 32.9 Å². The van der Waals surface area contributed by atoms with Gasteiger partial charge in [0.15, 0.2) is 5.82 Å². The van der Waals surface area contributed by atoms with E-state index in [4.69, 9.17) is 9.63 Å². The highest BCUT2D eigenvalue weighted by molar-refractivity contribution is 5.83. The lowest BCUT2D eigenvalue weighted by Crippen LogP contribution is -2.47. The summed E-state index contributed by atoms with van der Waals surface area (Å²) in [6.45, 7) is 4.04. The highest BCUT2D eigenvalue weighted by atomic mass is 16.5. The van der Waals surface area contributed by atoms with E-state index in [1.165, 1.54) is 4.90 Å². The van der Waals surface area contributed by atoms with Crippen molar-refractivity contribution >= 4 is 12.0 Å². The maximum Gasteiger partial charge on any atom is 0.326 e. The van der Waals surface area contributed by atoms with Gasteiger partial charge in [0.2, 0.25) is 5.89 Å². The van der Waals surface area contributed by atoms with Crippen LogP contribution in [0.15, 0.2) is 4.52 Å². The maximum absolute atomic E-state index is 11.9. The Bertz CT molecular complexity index is 487. The summed E-state index contributed by atoms with van der Waals surface area (Å²) in [7, 11) is 0. The van der Waals surface area contributed by atoms with E-state index in [1.54, 1.807) is 6.92 Å². The molecule has 8 heteroatoms. The quantitative estimate of drug-likeness (QED) is 0.820. The molecule has 2 atom stereocenters. The summed E-state index contributed by atoms with van der Waals surface area (Å²) in [5.74, 6) is -0.241. The number of aliphatic carboxylic acids is 1. The van der Waals surface area contributed by atoms with E-state index in [1.807, 2.05) is 6.92 Å². The van der Waals surface area contributed by atoms with E-state index < -0.39 is 18.0 Å². The fourth-order valence-corrected chi connectivity index (χ4v) is 2.22. The van der Waals surface area contributed by atoms with Crippen LogP contribution in [0.4, 0.5) is 4.79 Å². The molecule has 2 rings (SSSR count). The van der Waals surface area contributed by atoms with Gasteiger partial charge in [0.05, 0.1) is 6.54 Å². The molecule has 104 valence electrons. The van der Waals surface area contributed by atoms with Crippen LogP contribution in [0.25, 0.3) is 0 Å². The number of urea groups is 1. The largest absolute Gasteiger partial charge is 0.480 e. The third-order valence-corrected chi connectivity index (χ3v) is 3.17. The smallest absolute Gasteiger partial charge is 0.326 e. The minimum absolute atomic E-state index is 0.0473. The first-order valence-corrected chi connectivity index (χ1v) is 6.05. The van der Waals surface area contributed by atoms with Gasteiger partial charge in [-0.2, -0.15) is 4.98 Å². The molecule has 0 spiro atoms. The standard InChI is InChI=1S/C11H16N4O4/c1-6-3-4-15(9(6)10(16)17)11(18)12-5-8-13-7(2)14-19-8/h6,9H,3-5H2,1-2H3,(H,12,18)(H,16,17). The molecule has 1 fully saturated rings. The number of nitrogens with zero attached hydrogens (tertiary/aromatic N) is 3. The topological polar surface area (TPSA) is 109 Å². The summed E-state index contributed by atoms with van der Waals surface area (Å²) < 4.78 is 4.86. The molecule has 0 saturated carbocycles. The number of carbonyl (C=O) groups excluding carboxylic acids is 1. The first-order chi connectivity index (χ1) is 8.99. The number of nitrogens with one attached hydrogen (secondary N) is 1. The van der Waals surface area contributed by atoms with Gasteiger partial charge >= 0.3 is 12.0 Å². The average Bonchev–Trinajstić information content (AvgIpc) is 2.92. The lowest BCUT2D eigenvalue weighted by atomic mass is 10.0. The molecule has 2 amide bonds. The van der Waals surface area contributed by atoms with E-state index in [2.05, 4.69) is 15.5 Å². The Morgan fingerprint density at radius 2 is 2.32 bits per heavy atom. The van der Waals surface area contributed by atoms with Gasteiger partial charge in [-0.25, -0.2) is 9.59 Å². The number of hydrogen-bond acceptors (Lipinski definition) is 5. The van der Waals surface area contributed by atoms with Crippen LogP contribution in [0.5, 0.6) is 0 Å². The van der Waals surface area contributed by atoms with Crippen molar-refractivity contribution in [1.29, 1.82) is 0 Å². The Kier molecular flexibility index (Phi) is 3.68. The molecule has 8 nitrogen and oxygen atoms in total. The monoisotopic (exact) mass is 268 g/mol. The van der Waals surface area contributed by atoms with E-state index >= 15 is 0 Å². The first-order valence-electron chi connectivity index (χ1n) is 6.05. The second-order valence-electron chi connectivity index (χ2n) is 4.64. The molecular weight excluding hydrogens is 252 g/mol. The van der Waals surface area contributed by atoms with Gasteiger partial charge in [0.25, 0.3) is 0 Å². The van der Waals surface area contributed by atoms with Gasteiger partial charge < -0.3 is 19.8 Å². The SMILES string of the molecule is Cc1noc(CNC(=O)N2CCC(C)C2C(=O)O)n1. The van der Waals surface area contributed by atoms with E-state index in [0.29, 0.717) is 24.7 Å². The van der Waals surface area contributed by atoms with Crippen molar-refractivity contribution in [3.63, 3.8) is 0 Å². The van der Waals surface area contributed by atoms with Crippen LogP contribution >= 0.6 is 0 Å².